The molecule has 114 valence electrons. The minimum absolute atomic E-state index is 0.303. The molecule has 5 nitrogen and oxygen atoms in total. The highest BCUT2D eigenvalue weighted by Gasteiger charge is 2.35. The first-order valence-electron chi connectivity index (χ1n) is 6.72. The third-order valence-electron chi connectivity index (χ3n) is 3.24. The molecule has 7 heteroatoms. The molecule has 2 rings (SSSR count). The summed E-state index contributed by atoms with van der Waals surface area (Å²) in [6.07, 6.45) is 1.39. The zero-order valence-corrected chi connectivity index (χ0v) is 13.1. The molecule has 1 aliphatic rings. The van der Waals surface area contributed by atoms with Crippen molar-refractivity contribution in [2.24, 2.45) is 0 Å². The molecule has 0 spiro atoms. The first kappa shape index (κ1) is 15.9. The van der Waals surface area contributed by atoms with Gasteiger partial charge in [0.05, 0.1) is 16.7 Å². The van der Waals surface area contributed by atoms with E-state index in [1.807, 2.05) is 0 Å². The van der Waals surface area contributed by atoms with Crippen LogP contribution in [0.1, 0.15) is 19.8 Å². The summed E-state index contributed by atoms with van der Waals surface area (Å²) < 4.78 is 4.99. The van der Waals surface area contributed by atoms with Crippen LogP contribution < -0.4 is 5.32 Å². The fraction of sp³-hybridized carbons (Fsp3) is 0.429. The quantitative estimate of drug-likeness (QED) is 0.862. The molecule has 0 saturated carbocycles. The Morgan fingerprint density at radius 2 is 2.14 bits per heavy atom. The molecular weight excluding hydrogens is 315 g/mol. The van der Waals surface area contributed by atoms with Gasteiger partial charge in [0.1, 0.15) is 6.04 Å². The average molecular weight is 331 g/mol. The van der Waals surface area contributed by atoms with Crippen molar-refractivity contribution >= 4 is 40.9 Å². The van der Waals surface area contributed by atoms with Gasteiger partial charge in [-0.25, -0.2) is 9.59 Å². The summed E-state index contributed by atoms with van der Waals surface area (Å²) in [6.45, 7) is 2.57. The molecule has 1 saturated heterocycles. The molecule has 1 atom stereocenters. The number of hydrogen-bond donors (Lipinski definition) is 1. The van der Waals surface area contributed by atoms with E-state index < -0.39 is 6.04 Å². The molecule has 1 N–H and O–H groups in total. The van der Waals surface area contributed by atoms with Crippen LogP contribution in [0.3, 0.4) is 0 Å². The Hall–Kier alpha value is -1.46. The van der Waals surface area contributed by atoms with Gasteiger partial charge in [0, 0.05) is 12.2 Å². The molecule has 21 heavy (non-hydrogen) atoms. The number of carbonyl (C=O) groups is 2. The fourth-order valence-electron chi connectivity index (χ4n) is 2.26. The van der Waals surface area contributed by atoms with E-state index in [1.165, 1.54) is 4.90 Å². The highest BCUT2D eigenvalue weighted by atomic mass is 35.5. The van der Waals surface area contributed by atoms with Gasteiger partial charge in [-0.1, -0.05) is 23.2 Å². The van der Waals surface area contributed by atoms with Crippen LogP contribution in [0.5, 0.6) is 0 Å². The topological polar surface area (TPSA) is 58.6 Å². The van der Waals surface area contributed by atoms with E-state index in [1.54, 1.807) is 25.1 Å². The monoisotopic (exact) mass is 330 g/mol. The van der Waals surface area contributed by atoms with Crippen molar-refractivity contribution in [3.05, 3.63) is 28.2 Å². The van der Waals surface area contributed by atoms with E-state index in [9.17, 15) is 9.59 Å². The maximum atomic E-state index is 12.3. The molecular formula is C14H16Cl2N2O3. The van der Waals surface area contributed by atoms with E-state index in [2.05, 4.69) is 5.32 Å². The lowest BCUT2D eigenvalue weighted by Crippen LogP contribution is -2.43. The number of urea groups is 1. The Balaban J connectivity index is 2.04. The van der Waals surface area contributed by atoms with Gasteiger partial charge in [-0.3, -0.25) is 0 Å². The van der Waals surface area contributed by atoms with Gasteiger partial charge in [0.25, 0.3) is 0 Å². The first-order valence-corrected chi connectivity index (χ1v) is 7.48. The van der Waals surface area contributed by atoms with E-state index >= 15 is 0 Å². The van der Waals surface area contributed by atoms with Crippen LogP contribution in [-0.4, -0.2) is 36.1 Å². The van der Waals surface area contributed by atoms with Gasteiger partial charge in [0.15, 0.2) is 0 Å². The van der Waals surface area contributed by atoms with Gasteiger partial charge in [0.2, 0.25) is 0 Å². The number of rotatable bonds is 3. The number of hydrogen-bond acceptors (Lipinski definition) is 3. The maximum absolute atomic E-state index is 12.3. The second kappa shape index (κ2) is 7.00. The summed E-state index contributed by atoms with van der Waals surface area (Å²) in [6, 6.07) is 3.96. The van der Waals surface area contributed by atoms with Gasteiger partial charge in [-0.15, -0.1) is 0 Å². The SMILES string of the molecule is CCOC(=O)[C@@H]1CCCN1C(=O)Nc1ccc(Cl)c(Cl)c1. The number of amides is 2. The van der Waals surface area contributed by atoms with Gasteiger partial charge >= 0.3 is 12.0 Å². The molecule has 1 aliphatic heterocycles. The van der Waals surface area contributed by atoms with E-state index in [0.717, 1.165) is 6.42 Å². The number of benzene rings is 1. The Kier molecular flexibility index (Phi) is 5.31. The molecule has 0 bridgehead atoms. The zero-order valence-electron chi connectivity index (χ0n) is 11.6. The molecule has 1 fully saturated rings. The normalized spacial score (nSPS) is 17.7. The first-order chi connectivity index (χ1) is 10.0. The standard InChI is InChI=1S/C14H16Cl2N2O3/c1-2-21-13(19)12-4-3-7-18(12)14(20)17-9-5-6-10(15)11(16)8-9/h5-6,8,12H,2-4,7H2,1H3,(H,17,20)/t12-/m0/s1. The van der Waals surface area contributed by atoms with E-state index in [4.69, 9.17) is 27.9 Å². The lowest BCUT2D eigenvalue weighted by Gasteiger charge is -2.23. The Morgan fingerprint density at radius 1 is 1.38 bits per heavy atom. The number of likely N-dealkylation sites (tertiary alicyclic amines) is 1. The summed E-state index contributed by atoms with van der Waals surface area (Å²) in [5, 5.41) is 3.49. The van der Waals surface area contributed by atoms with Crippen molar-refractivity contribution in [1.29, 1.82) is 0 Å². The Bertz CT molecular complexity index is 551. The number of nitrogens with one attached hydrogen (secondary N) is 1. The van der Waals surface area contributed by atoms with Crippen LogP contribution in [-0.2, 0) is 9.53 Å². The number of esters is 1. The summed E-state index contributed by atoms with van der Waals surface area (Å²) in [7, 11) is 0. The summed E-state index contributed by atoms with van der Waals surface area (Å²) >= 11 is 11.7. The minimum Gasteiger partial charge on any atom is -0.464 e. The predicted octanol–water partition coefficient (Wildman–Crippen LogP) is 3.55. The number of ether oxygens (including phenoxy) is 1. The van der Waals surface area contributed by atoms with Crippen molar-refractivity contribution in [3.63, 3.8) is 0 Å². The molecule has 1 aromatic carbocycles. The van der Waals surface area contributed by atoms with Crippen LogP contribution in [0.15, 0.2) is 18.2 Å². The van der Waals surface area contributed by atoms with E-state index in [0.29, 0.717) is 35.3 Å². The fourth-order valence-corrected chi connectivity index (χ4v) is 2.56. The van der Waals surface area contributed by atoms with Crippen LogP contribution in [0.25, 0.3) is 0 Å². The number of carbonyl (C=O) groups excluding carboxylic acids is 2. The maximum Gasteiger partial charge on any atom is 0.328 e. The van der Waals surface area contributed by atoms with Gasteiger partial charge < -0.3 is 15.0 Å². The summed E-state index contributed by atoms with van der Waals surface area (Å²) in [4.78, 5) is 25.6. The number of anilines is 1. The number of nitrogens with zero attached hydrogens (tertiary/aromatic N) is 1. The molecule has 0 aliphatic carbocycles. The van der Waals surface area contributed by atoms with Crippen molar-refractivity contribution < 1.29 is 14.3 Å². The summed E-state index contributed by atoms with van der Waals surface area (Å²) in [5.41, 5.74) is 0.531. The van der Waals surface area contributed by atoms with Crippen LogP contribution in [0.4, 0.5) is 10.5 Å². The van der Waals surface area contributed by atoms with Crippen molar-refractivity contribution in [2.75, 3.05) is 18.5 Å². The minimum atomic E-state index is -0.521. The Morgan fingerprint density at radius 3 is 2.81 bits per heavy atom. The van der Waals surface area contributed by atoms with Crippen molar-refractivity contribution in [1.82, 2.24) is 4.90 Å². The van der Waals surface area contributed by atoms with Crippen LogP contribution in [0, 0.1) is 0 Å². The molecule has 1 aromatic rings. The predicted molar refractivity (Wildman–Crippen MR) is 81.8 cm³/mol. The van der Waals surface area contributed by atoms with E-state index in [-0.39, 0.29) is 12.0 Å². The molecule has 1 heterocycles. The van der Waals surface area contributed by atoms with Gasteiger partial charge in [-0.05, 0) is 38.0 Å². The second-order valence-electron chi connectivity index (χ2n) is 4.66. The highest BCUT2D eigenvalue weighted by Crippen LogP contribution is 2.26. The van der Waals surface area contributed by atoms with Crippen molar-refractivity contribution in [2.45, 2.75) is 25.8 Å². The van der Waals surface area contributed by atoms with Gasteiger partial charge in [-0.2, -0.15) is 0 Å². The average Bonchev–Trinajstić information content (AvgIpc) is 2.92. The lowest BCUT2D eigenvalue weighted by atomic mass is 10.2. The Labute approximate surface area is 133 Å². The second-order valence-corrected chi connectivity index (χ2v) is 5.48. The number of halogens is 2. The van der Waals surface area contributed by atoms with Crippen LogP contribution >= 0.6 is 23.2 Å². The molecule has 0 unspecified atom stereocenters. The summed E-state index contributed by atoms with van der Waals surface area (Å²) in [5.74, 6) is -0.362. The molecule has 0 radical (unpaired) electrons. The third-order valence-corrected chi connectivity index (χ3v) is 3.98. The van der Waals surface area contributed by atoms with Crippen molar-refractivity contribution in [3.8, 4) is 0 Å². The zero-order chi connectivity index (χ0) is 15.4. The van der Waals surface area contributed by atoms with Crippen LogP contribution in [0.2, 0.25) is 10.0 Å². The smallest absolute Gasteiger partial charge is 0.328 e. The highest BCUT2D eigenvalue weighted by molar-refractivity contribution is 6.42. The largest absolute Gasteiger partial charge is 0.464 e. The lowest BCUT2D eigenvalue weighted by molar-refractivity contribution is -0.147. The third kappa shape index (κ3) is 3.80. The molecule has 0 aromatic heterocycles. The molecule has 2 amide bonds.